The predicted octanol–water partition coefficient (Wildman–Crippen LogP) is 1.14. The molecule has 17 heavy (non-hydrogen) atoms. The Morgan fingerprint density at radius 3 is 2.71 bits per heavy atom. The van der Waals surface area contributed by atoms with Gasteiger partial charge in [-0.05, 0) is 37.7 Å². The molecule has 0 unspecified atom stereocenters. The van der Waals surface area contributed by atoms with Crippen LogP contribution in [0.4, 0.5) is 0 Å². The Bertz CT molecular complexity index is 231. The first-order valence-electron chi connectivity index (χ1n) is 6.33. The van der Waals surface area contributed by atoms with E-state index in [1.807, 2.05) is 11.8 Å². The number of thioether (sulfide) groups is 1. The molecule has 1 saturated heterocycles. The van der Waals surface area contributed by atoms with Crippen molar-refractivity contribution in [3.63, 3.8) is 0 Å². The van der Waals surface area contributed by atoms with E-state index in [0.29, 0.717) is 26.1 Å². The lowest BCUT2D eigenvalue weighted by Crippen LogP contribution is -2.57. The van der Waals surface area contributed by atoms with Crippen LogP contribution in [0.25, 0.3) is 0 Å². The van der Waals surface area contributed by atoms with Crippen molar-refractivity contribution in [1.29, 1.82) is 0 Å². The predicted molar refractivity (Wildman–Crippen MR) is 72.2 cm³/mol. The van der Waals surface area contributed by atoms with Crippen LogP contribution in [0.3, 0.4) is 0 Å². The number of unbranched alkanes of at least 4 members (excludes halogenated alkanes) is 2. The monoisotopic (exact) mass is 260 g/mol. The van der Waals surface area contributed by atoms with Gasteiger partial charge in [0.1, 0.15) is 0 Å². The molecule has 0 atom stereocenters. The van der Waals surface area contributed by atoms with E-state index in [1.165, 1.54) is 18.6 Å². The molecule has 1 heterocycles. The summed E-state index contributed by atoms with van der Waals surface area (Å²) in [5.74, 6) is 1.19. The van der Waals surface area contributed by atoms with E-state index in [0.717, 1.165) is 13.0 Å². The summed E-state index contributed by atoms with van der Waals surface area (Å²) in [6, 6.07) is 0. The second-order valence-electron chi connectivity index (χ2n) is 4.58. The molecule has 1 rings (SSSR count). The van der Waals surface area contributed by atoms with Gasteiger partial charge in [0.25, 0.3) is 0 Å². The minimum Gasteiger partial charge on any atom is -0.381 e. The largest absolute Gasteiger partial charge is 0.381 e. The van der Waals surface area contributed by atoms with E-state index in [9.17, 15) is 4.79 Å². The molecule has 5 heteroatoms. The maximum atomic E-state index is 11.9. The molecule has 0 aromatic carbocycles. The highest BCUT2D eigenvalue weighted by molar-refractivity contribution is 7.98. The molecule has 3 N–H and O–H groups in total. The van der Waals surface area contributed by atoms with Crippen LogP contribution in [0.1, 0.15) is 32.1 Å². The lowest BCUT2D eigenvalue weighted by molar-refractivity contribution is -0.129. The van der Waals surface area contributed by atoms with Crippen LogP contribution in [-0.4, -0.2) is 43.2 Å². The fourth-order valence-corrected chi connectivity index (χ4v) is 2.38. The maximum Gasteiger partial charge on any atom is 0.240 e. The second kappa shape index (κ2) is 7.95. The van der Waals surface area contributed by atoms with Crippen molar-refractivity contribution < 1.29 is 9.53 Å². The van der Waals surface area contributed by atoms with Gasteiger partial charge in [0.15, 0.2) is 0 Å². The van der Waals surface area contributed by atoms with Gasteiger partial charge in [-0.1, -0.05) is 6.42 Å². The Kier molecular flexibility index (Phi) is 6.92. The first-order chi connectivity index (χ1) is 8.19. The summed E-state index contributed by atoms with van der Waals surface area (Å²) in [5, 5.41) is 2.94. The third kappa shape index (κ3) is 5.27. The van der Waals surface area contributed by atoms with Crippen molar-refractivity contribution in [2.45, 2.75) is 37.6 Å². The summed E-state index contributed by atoms with van der Waals surface area (Å²) < 4.78 is 5.22. The molecular formula is C12H24N2O2S. The van der Waals surface area contributed by atoms with Crippen molar-refractivity contribution in [3.05, 3.63) is 0 Å². The van der Waals surface area contributed by atoms with Gasteiger partial charge >= 0.3 is 0 Å². The first-order valence-corrected chi connectivity index (χ1v) is 7.72. The smallest absolute Gasteiger partial charge is 0.240 e. The molecule has 1 aliphatic heterocycles. The summed E-state index contributed by atoms with van der Waals surface area (Å²) in [4.78, 5) is 11.9. The number of nitrogens with two attached hydrogens (primary N) is 1. The number of amides is 1. The highest BCUT2D eigenvalue weighted by Gasteiger charge is 2.35. The minimum absolute atomic E-state index is 0.00864. The Morgan fingerprint density at radius 2 is 2.06 bits per heavy atom. The molecule has 0 radical (unpaired) electrons. The van der Waals surface area contributed by atoms with Gasteiger partial charge in [0.05, 0.1) is 5.54 Å². The number of hydrogen-bond donors (Lipinski definition) is 2. The number of ether oxygens (including phenoxy) is 1. The van der Waals surface area contributed by atoms with Gasteiger partial charge in [-0.15, -0.1) is 0 Å². The summed E-state index contributed by atoms with van der Waals surface area (Å²) in [6.07, 6.45) is 6.81. The van der Waals surface area contributed by atoms with Crippen LogP contribution < -0.4 is 11.1 Å². The summed E-state index contributed by atoms with van der Waals surface area (Å²) in [6.45, 7) is 1.93. The molecule has 0 aliphatic carbocycles. The molecule has 0 aromatic heterocycles. The fourth-order valence-electron chi connectivity index (χ4n) is 1.89. The van der Waals surface area contributed by atoms with Gasteiger partial charge in [-0.2, -0.15) is 11.8 Å². The van der Waals surface area contributed by atoms with Crippen LogP contribution >= 0.6 is 11.8 Å². The van der Waals surface area contributed by atoms with Crippen molar-refractivity contribution in [1.82, 2.24) is 5.32 Å². The topological polar surface area (TPSA) is 64.4 Å². The molecule has 0 spiro atoms. The average Bonchev–Trinajstić information content (AvgIpc) is 2.34. The number of hydrogen-bond acceptors (Lipinski definition) is 4. The Morgan fingerprint density at radius 1 is 1.35 bits per heavy atom. The molecule has 1 aliphatic rings. The maximum absolute atomic E-state index is 11.9. The number of carbonyl (C=O) groups is 1. The van der Waals surface area contributed by atoms with Crippen LogP contribution in [0.5, 0.6) is 0 Å². The van der Waals surface area contributed by atoms with Gasteiger partial charge in [-0.25, -0.2) is 0 Å². The summed E-state index contributed by atoms with van der Waals surface area (Å²) in [5.41, 5.74) is 5.37. The summed E-state index contributed by atoms with van der Waals surface area (Å²) >= 11 is 1.87. The van der Waals surface area contributed by atoms with Crippen LogP contribution in [-0.2, 0) is 9.53 Å². The molecule has 0 saturated carbocycles. The number of nitrogens with one attached hydrogen (secondary N) is 1. The SMILES string of the molecule is CSCCCCCNC(=O)C1(N)CCOCC1. The van der Waals surface area contributed by atoms with Crippen molar-refractivity contribution in [2.75, 3.05) is 31.8 Å². The van der Waals surface area contributed by atoms with E-state index in [4.69, 9.17) is 10.5 Å². The molecular weight excluding hydrogens is 236 g/mol. The van der Waals surface area contributed by atoms with Crippen LogP contribution in [0.2, 0.25) is 0 Å². The second-order valence-corrected chi connectivity index (χ2v) is 5.56. The van der Waals surface area contributed by atoms with E-state index in [2.05, 4.69) is 11.6 Å². The highest BCUT2D eigenvalue weighted by atomic mass is 32.2. The third-order valence-electron chi connectivity index (χ3n) is 3.15. The van der Waals surface area contributed by atoms with E-state index < -0.39 is 5.54 Å². The van der Waals surface area contributed by atoms with Gasteiger partial charge in [0.2, 0.25) is 5.91 Å². The van der Waals surface area contributed by atoms with Crippen LogP contribution in [0, 0.1) is 0 Å². The molecule has 1 fully saturated rings. The first kappa shape index (κ1) is 14.8. The lowest BCUT2D eigenvalue weighted by Gasteiger charge is -2.31. The lowest BCUT2D eigenvalue weighted by atomic mass is 9.90. The van der Waals surface area contributed by atoms with E-state index in [1.54, 1.807) is 0 Å². The highest BCUT2D eigenvalue weighted by Crippen LogP contribution is 2.17. The number of carbonyl (C=O) groups excluding carboxylic acids is 1. The molecule has 100 valence electrons. The van der Waals surface area contributed by atoms with Gasteiger partial charge in [0, 0.05) is 19.8 Å². The van der Waals surface area contributed by atoms with Crippen molar-refractivity contribution >= 4 is 17.7 Å². The average molecular weight is 260 g/mol. The zero-order valence-electron chi connectivity index (χ0n) is 10.7. The normalized spacial score (nSPS) is 18.9. The van der Waals surface area contributed by atoms with E-state index >= 15 is 0 Å². The number of rotatable bonds is 7. The Hall–Kier alpha value is -0.260. The Labute approximate surface area is 108 Å². The minimum atomic E-state index is -0.697. The molecule has 0 bridgehead atoms. The van der Waals surface area contributed by atoms with Crippen molar-refractivity contribution in [3.8, 4) is 0 Å². The van der Waals surface area contributed by atoms with Gasteiger partial charge < -0.3 is 15.8 Å². The standard InChI is InChI=1S/C12H24N2O2S/c1-17-10-4-2-3-7-14-11(15)12(13)5-8-16-9-6-12/h2-10,13H2,1H3,(H,14,15). The van der Waals surface area contributed by atoms with Gasteiger partial charge in [-0.3, -0.25) is 4.79 Å². The third-order valence-corrected chi connectivity index (χ3v) is 3.84. The van der Waals surface area contributed by atoms with Crippen LogP contribution in [0.15, 0.2) is 0 Å². The molecule has 4 nitrogen and oxygen atoms in total. The van der Waals surface area contributed by atoms with Crippen molar-refractivity contribution in [2.24, 2.45) is 5.73 Å². The zero-order chi connectivity index (χ0) is 12.6. The fraction of sp³-hybridized carbons (Fsp3) is 0.917. The molecule has 0 aromatic rings. The summed E-state index contributed by atoms with van der Waals surface area (Å²) in [7, 11) is 0. The molecule has 1 amide bonds. The quantitative estimate of drug-likeness (QED) is 0.674. The van der Waals surface area contributed by atoms with E-state index in [-0.39, 0.29) is 5.91 Å². The Balaban J connectivity index is 2.11. The zero-order valence-corrected chi connectivity index (χ0v) is 11.5.